The number of ether oxygens (including phenoxy) is 1. The molecular weight excluding hydrogens is 506 g/mol. The minimum absolute atomic E-state index is 0.191. The van der Waals surface area contributed by atoms with Gasteiger partial charge in [0.25, 0.3) is 5.91 Å². The van der Waals surface area contributed by atoms with Gasteiger partial charge in [-0.15, -0.1) is 6.42 Å². The second kappa shape index (κ2) is 13.6. The number of anilines is 1. The van der Waals surface area contributed by atoms with Gasteiger partial charge in [0, 0.05) is 17.8 Å². The van der Waals surface area contributed by atoms with E-state index in [0.717, 1.165) is 17.2 Å². The first-order chi connectivity index (χ1) is 19.1. The fourth-order valence-corrected chi connectivity index (χ4v) is 4.33. The molecule has 0 aromatic heterocycles. The zero-order valence-corrected chi connectivity index (χ0v) is 23.4. The summed E-state index contributed by atoms with van der Waals surface area (Å²) in [6.45, 7) is 6.55. The van der Waals surface area contributed by atoms with Gasteiger partial charge in [0.05, 0.1) is 6.61 Å². The molecule has 3 N–H and O–H groups in total. The number of hydrogen-bond donors (Lipinski definition) is 3. The number of benzene rings is 3. The molecule has 0 saturated heterocycles. The topological polar surface area (TPSA) is 108 Å². The highest BCUT2D eigenvalue weighted by molar-refractivity contribution is 6.00. The molecule has 0 aliphatic heterocycles. The van der Waals surface area contributed by atoms with Gasteiger partial charge >= 0.3 is 6.09 Å². The standard InChI is InChI=1S/C32H37N3O5/c1-6-8-19-35(30(38)27(21-36)34-31(39)40-32(3,4)5)28(26-16-12-11-13-22(26)7-2)29(37)33-25-18-17-23-14-9-10-15-24(23)20-25/h2,9-18,20,27-28,36H,6,8,19,21H2,1,3-5H3,(H,33,37)(H,34,39). The van der Waals surface area contributed by atoms with Gasteiger partial charge in [-0.2, -0.15) is 0 Å². The number of terminal acetylenes is 1. The zero-order chi connectivity index (χ0) is 29.3. The van der Waals surface area contributed by atoms with Gasteiger partial charge in [-0.05, 0) is 61.7 Å². The molecule has 0 bridgehead atoms. The fraction of sp³-hybridized carbons (Fsp3) is 0.344. The summed E-state index contributed by atoms with van der Waals surface area (Å²) < 4.78 is 5.29. The summed E-state index contributed by atoms with van der Waals surface area (Å²) in [4.78, 5) is 41.7. The molecule has 3 aromatic rings. The fourth-order valence-electron chi connectivity index (χ4n) is 4.33. The zero-order valence-electron chi connectivity index (χ0n) is 23.4. The number of rotatable bonds is 10. The maximum absolute atomic E-state index is 14.0. The predicted molar refractivity (Wildman–Crippen MR) is 157 cm³/mol. The number of unbranched alkanes of at least 4 members (excludes halogenated alkanes) is 1. The molecule has 3 amide bonds. The largest absolute Gasteiger partial charge is 0.444 e. The van der Waals surface area contributed by atoms with Crippen LogP contribution in [0.15, 0.2) is 66.7 Å². The van der Waals surface area contributed by atoms with Crippen molar-refractivity contribution in [2.45, 2.75) is 58.2 Å². The maximum atomic E-state index is 14.0. The van der Waals surface area contributed by atoms with Crippen LogP contribution in [0.1, 0.15) is 57.7 Å². The van der Waals surface area contributed by atoms with Crippen LogP contribution in [0.3, 0.4) is 0 Å². The van der Waals surface area contributed by atoms with Crippen molar-refractivity contribution in [3.63, 3.8) is 0 Å². The van der Waals surface area contributed by atoms with E-state index >= 15 is 0 Å². The molecule has 210 valence electrons. The number of alkyl carbamates (subject to hydrolysis) is 1. The lowest BCUT2D eigenvalue weighted by atomic mass is 9.97. The Morgan fingerprint density at radius 3 is 2.35 bits per heavy atom. The van der Waals surface area contributed by atoms with Crippen molar-refractivity contribution in [1.29, 1.82) is 0 Å². The molecule has 2 atom stereocenters. The third-order valence-electron chi connectivity index (χ3n) is 6.20. The van der Waals surface area contributed by atoms with E-state index in [4.69, 9.17) is 11.2 Å². The number of fused-ring (bicyclic) bond motifs is 1. The Morgan fingerprint density at radius 1 is 1.02 bits per heavy atom. The molecule has 3 aromatic carbocycles. The summed E-state index contributed by atoms with van der Waals surface area (Å²) in [5.41, 5.74) is 0.668. The monoisotopic (exact) mass is 543 g/mol. The van der Waals surface area contributed by atoms with Gasteiger partial charge in [-0.3, -0.25) is 9.59 Å². The normalized spacial score (nSPS) is 12.6. The number of hydrogen-bond acceptors (Lipinski definition) is 5. The summed E-state index contributed by atoms with van der Waals surface area (Å²) in [7, 11) is 0. The van der Waals surface area contributed by atoms with E-state index in [0.29, 0.717) is 23.2 Å². The smallest absolute Gasteiger partial charge is 0.408 e. The average molecular weight is 544 g/mol. The SMILES string of the molecule is C#Cc1ccccc1C(C(=O)Nc1ccc2ccccc2c1)N(CCCC)C(=O)C(CO)NC(=O)OC(C)(C)C. The number of nitrogens with one attached hydrogen (secondary N) is 2. The third kappa shape index (κ3) is 7.84. The van der Waals surface area contributed by atoms with Crippen LogP contribution in [0.5, 0.6) is 0 Å². The van der Waals surface area contributed by atoms with Crippen molar-refractivity contribution < 1.29 is 24.2 Å². The number of aliphatic hydroxyl groups excluding tert-OH is 1. The molecule has 0 radical (unpaired) electrons. The van der Waals surface area contributed by atoms with Crippen molar-refractivity contribution in [2.75, 3.05) is 18.5 Å². The van der Waals surface area contributed by atoms with Gasteiger partial charge < -0.3 is 25.4 Å². The number of carbonyl (C=O) groups is 3. The van der Waals surface area contributed by atoms with Gasteiger partial charge in [0.1, 0.15) is 17.7 Å². The quantitative estimate of drug-likeness (QED) is 0.312. The number of carbonyl (C=O) groups excluding carboxylic acids is 3. The lowest BCUT2D eigenvalue weighted by Gasteiger charge is -2.34. The highest BCUT2D eigenvalue weighted by Crippen LogP contribution is 2.28. The molecule has 2 unspecified atom stereocenters. The van der Waals surface area contributed by atoms with Crippen molar-refractivity contribution in [1.82, 2.24) is 10.2 Å². The molecule has 0 aliphatic rings. The predicted octanol–water partition coefficient (Wildman–Crippen LogP) is 5.02. The summed E-state index contributed by atoms with van der Waals surface area (Å²) in [6.07, 6.45) is 6.26. The van der Waals surface area contributed by atoms with Gasteiger partial charge in [0.15, 0.2) is 0 Å². The van der Waals surface area contributed by atoms with Gasteiger partial charge in [0.2, 0.25) is 5.91 Å². The molecular formula is C32H37N3O5. The Kier molecular flexibility index (Phi) is 10.3. The van der Waals surface area contributed by atoms with Crippen molar-refractivity contribution in [2.24, 2.45) is 0 Å². The van der Waals surface area contributed by atoms with Crippen LogP contribution in [-0.2, 0) is 14.3 Å². The second-order valence-corrected chi connectivity index (χ2v) is 10.5. The minimum Gasteiger partial charge on any atom is -0.444 e. The van der Waals surface area contributed by atoms with Crippen LogP contribution >= 0.6 is 0 Å². The first kappa shape index (κ1) is 30.2. The van der Waals surface area contributed by atoms with Crippen LogP contribution in [0.2, 0.25) is 0 Å². The maximum Gasteiger partial charge on any atom is 0.408 e. The van der Waals surface area contributed by atoms with Crippen LogP contribution in [-0.4, -0.2) is 52.7 Å². The lowest BCUT2D eigenvalue weighted by Crippen LogP contribution is -2.54. The molecule has 0 fully saturated rings. The van der Waals surface area contributed by atoms with E-state index in [1.165, 1.54) is 4.90 Å². The second-order valence-electron chi connectivity index (χ2n) is 10.5. The Hall–Kier alpha value is -4.35. The molecule has 40 heavy (non-hydrogen) atoms. The third-order valence-corrected chi connectivity index (χ3v) is 6.20. The molecule has 0 heterocycles. The number of nitrogens with zero attached hydrogens (tertiary/aromatic N) is 1. The average Bonchev–Trinajstić information content (AvgIpc) is 2.92. The number of amides is 3. The Morgan fingerprint density at radius 2 is 1.70 bits per heavy atom. The Labute approximate surface area is 235 Å². The van der Waals surface area contributed by atoms with E-state index in [-0.39, 0.29) is 6.54 Å². The van der Waals surface area contributed by atoms with E-state index in [9.17, 15) is 19.5 Å². The van der Waals surface area contributed by atoms with Crippen LogP contribution in [0, 0.1) is 12.3 Å². The van der Waals surface area contributed by atoms with E-state index < -0.39 is 42.2 Å². The highest BCUT2D eigenvalue weighted by Gasteiger charge is 2.36. The molecule has 0 aliphatic carbocycles. The van der Waals surface area contributed by atoms with Gasteiger partial charge in [-0.1, -0.05) is 67.8 Å². The molecule has 3 rings (SSSR count). The molecule has 8 heteroatoms. The van der Waals surface area contributed by atoms with Crippen molar-refractivity contribution in [3.8, 4) is 12.3 Å². The molecule has 0 saturated carbocycles. The molecule has 8 nitrogen and oxygen atoms in total. The highest BCUT2D eigenvalue weighted by atomic mass is 16.6. The van der Waals surface area contributed by atoms with Crippen LogP contribution in [0.25, 0.3) is 10.8 Å². The van der Waals surface area contributed by atoms with E-state index in [1.807, 2.05) is 43.3 Å². The summed E-state index contributed by atoms with van der Waals surface area (Å²) in [5.74, 6) is 1.51. The van der Waals surface area contributed by atoms with Crippen LogP contribution in [0.4, 0.5) is 10.5 Å². The van der Waals surface area contributed by atoms with Gasteiger partial charge in [-0.25, -0.2) is 4.79 Å². The lowest BCUT2D eigenvalue weighted by molar-refractivity contribution is -0.141. The van der Waals surface area contributed by atoms with Crippen LogP contribution < -0.4 is 10.6 Å². The van der Waals surface area contributed by atoms with E-state index in [2.05, 4.69) is 16.6 Å². The summed E-state index contributed by atoms with van der Waals surface area (Å²) >= 11 is 0. The number of aliphatic hydroxyl groups is 1. The first-order valence-corrected chi connectivity index (χ1v) is 13.3. The summed E-state index contributed by atoms with van der Waals surface area (Å²) in [6, 6.07) is 17.8. The van der Waals surface area contributed by atoms with Crippen molar-refractivity contribution >= 4 is 34.4 Å². The molecule has 0 spiro atoms. The summed E-state index contributed by atoms with van der Waals surface area (Å²) in [5, 5.41) is 17.5. The minimum atomic E-state index is -1.33. The Bertz CT molecular complexity index is 1390. The first-order valence-electron chi connectivity index (χ1n) is 13.3. The Balaban J connectivity index is 2.03. The van der Waals surface area contributed by atoms with E-state index in [1.54, 1.807) is 51.1 Å². The van der Waals surface area contributed by atoms with Crippen molar-refractivity contribution in [3.05, 3.63) is 77.9 Å².